The van der Waals surface area contributed by atoms with Gasteiger partial charge in [0.25, 0.3) is 0 Å². The molecule has 16 heavy (non-hydrogen) atoms. The normalized spacial score (nSPS) is 10.7. The highest BCUT2D eigenvalue weighted by Gasteiger charge is 2.12. The van der Waals surface area contributed by atoms with Crippen LogP contribution in [0.15, 0.2) is 18.2 Å². The molecular formula is C9H9Cl2N5. The zero-order chi connectivity index (χ0) is 11.5. The summed E-state index contributed by atoms with van der Waals surface area (Å²) in [5, 5.41) is 12.2. The highest BCUT2D eigenvalue weighted by Crippen LogP contribution is 2.28. The van der Waals surface area contributed by atoms with Crippen LogP contribution in [0.25, 0.3) is 5.69 Å². The van der Waals surface area contributed by atoms with Gasteiger partial charge in [0.15, 0.2) is 5.82 Å². The summed E-state index contributed by atoms with van der Waals surface area (Å²) < 4.78 is 1.54. The van der Waals surface area contributed by atoms with Gasteiger partial charge in [-0.15, -0.1) is 5.10 Å². The molecule has 0 saturated heterocycles. The molecule has 2 N–H and O–H groups in total. The molecule has 0 radical (unpaired) electrons. The number of hydrogen-bond acceptors (Lipinski definition) is 4. The van der Waals surface area contributed by atoms with Gasteiger partial charge < -0.3 is 5.73 Å². The van der Waals surface area contributed by atoms with Gasteiger partial charge in [0.05, 0.1) is 15.7 Å². The van der Waals surface area contributed by atoms with E-state index in [0.717, 1.165) is 0 Å². The molecule has 0 spiro atoms. The minimum Gasteiger partial charge on any atom is -0.330 e. The van der Waals surface area contributed by atoms with Crippen molar-refractivity contribution >= 4 is 23.2 Å². The van der Waals surface area contributed by atoms with Gasteiger partial charge in [-0.3, -0.25) is 0 Å². The monoisotopic (exact) mass is 257 g/mol. The number of rotatable bonds is 3. The predicted molar refractivity (Wildman–Crippen MR) is 61.9 cm³/mol. The Morgan fingerprint density at radius 3 is 2.88 bits per heavy atom. The van der Waals surface area contributed by atoms with Crippen LogP contribution in [0.1, 0.15) is 5.82 Å². The molecule has 1 heterocycles. The minimum absolute atomic E-state index is 0.426. The van der Waals surface area contributed by atoms with Crippen molar-refractivity contribution in [3.63, 3.8) is 0 Å². The van der Waals surface area contributed by atoms with Crippen molar-refractivity contribution in [1.29, 1.82) is 0 Å². The van der Waals surface area contributed by atoms with E-state index < -0.39 is 0 Å². The molecule has 0 unspecified atom stereocenters. The molecule has 0 bridgehead atoms. The van der Waals surface area contributed by atoms with E-state index in [1.807, 2.05) is 0 Å². The number of benzene rings is 1. The highest BCUT2D eigenvalue weighted by molar-refractivity contribution is 6.43. The van der Waals surface area contributed by atoms with E-state index in [1.165, 1.54) is 0 Å². The summed E-state index contributed by atoms with van der Waals surface area (Å²) in [6, 6.07) is 5.29. The first-order valence-corrected chi connectivity index (χ1v) is 5.41. The molecule has 0 aliphatic heterocycles. The maximum absolute atomic E-state index is 6.08. The molecule has 2 rings (SSSR count). The molecule has 0 aliphatic rings. The van der Waals surface area contributed by atoms with Crippen LogP contribution in [-0.2, 0) is 6.42 Å². The van der Waals surface area contributed by atoms with Gasteiger partial charge in [-0.25, -0.2) is 0 Å². The van der Waals surface area contributed by atoms with Gasteiger partial charge >= 0.3 is 0 Å². The fourth-order valence-corrected chi connectivity index (χ4v) is 1.71. The first kappa shape index (κ1) is 11.3. The van der Waals surface area contributed by atoms with Crippen LogP contribution < -0.4 is 5.73 Å². The molecule has 0 aliphatic carbocycles. The van der Waals surface area contributed by atoms with E-state index in [4.69, 9.17) is 28.9 Å². The maximum Gasteiger partial charge on any atom is 0.158 e. The summed E-state index contributed by atoms with van der Waals surface area (Å²) in [6.45, 7) is 0.471. The first-order valence-electron chi connectivity index (χ1n) is 4.65. The van der Waals surface area contributed by atoms with Crippen molar-refractivity contribution in [1.82, 2.24) is 20.2 Å². The number of aromatic nitrogens is 4. The first-order chi connectivity index (χ1) is 7.74. The van der Waals surface area contributed by atoms with E-state index in [0.29, 0.717) is 34.5 Å². The third-order valence-electron chi connectivity index (χ3n) is 2.06. The number of hydrogen-bond donors (Lipinski definition) is 1. The Kier molecular flexibility index (Phi) is 3.38. The Hall–Kier alpha value is -1.17. The largest absolute Gasteiger partial charge is 0.330 e. The minimum atomic E-state index is 0.426. The van der Waals surface area contributed by atoms with Gasteiger partial charge in [0.1, 0.15) is 0 Å². The standard InChI is InChI=1S/C9H9Cl2N5/c10-6-2-1-3-7(9(6)11)16-8(4-5-12)13-14-15-16/h1-3H,4-5,12H2. The molecule has 0 amide bonds. The summed E-state index contributed by atoms with van der Waals surface area (Å²) in [5.41, 5.74) is 6.12. The van der Waals surface area contributed by atoms with Crippen molar-refractivity contribution in [2.45, 2.75) is 6.42 Å². The third kappa shape index (κ3) is 2.02. The number of halogens is 2. The number of nitrogens with two attached hydrogens (primary N) is 1. The van der Waals surface area contributed by atoms with Gasteiger partial charge in [0, 0.05) is 6.42 Å². The lowest BCUT2D eigenvalue weighted by atomic mass is 10.3. The molecule has 0 atom stereocenters. The lowest BCUT2D eigenvalue weighted by Crippen LogP contribution is -2.10. The van der Waals surface area contributed by atoms with Gasteiger partial charge in [-0.05, 0) is 29.1 Å². The molecule has 1 aromatic heterocycles. The van der Waals surface area contributed by atoms with Crippen LogP contribution in [0.4, 0.5) is 0 Å². The van der Waals surface area contributed by atoms with Crippen molar-refractivity contribution < 1.29 is 0 Å². The van der Waals surface area contributed by atoms with Gasteiger partial charge in [-0.1, -0.05) is 29.3 Å². The van der Waals surface area contributed by atoms with Crippen LogP contribution in [0, 0.1) is 0 Å². The molecule has 7 heteroatoms. The molecule has 5 nitrogen and oxygen atoms in total. The number of nitrogens with zero attached hydrogens (tertiary/aromatic N) is 4. The second-order valence-electron chi connectivity index (χ2n) is 3.12. The fourth-order valence-electron chi connectivity index (χ4n) is 1.33. The van der Waals surface area contributed by atoms with E-state index in [-0.39, 0.29) is 0 Å². The molecule has 0 saturated carbocycles. The van der Waals surface area contributed by atoms with Crippen LogP contribution in [0.5, 0.6) is 0 Å². The Morgan fingerprint density at radius 2 is 2.12 bits per heavy atom. The van der Waals surface area contributed by atoms with Crippen molar-refractivity contribution in [2.75, 3.05) is 6.54 Å². The average Bonchev–Trinajstić information content (AvgIpc) is 2.71. The Balaban J connectivity index is 2.50. The van der Waals surface area contributed by atoms with Crippen LogP contribution in [0.2, 0.25) is 10.0 Å². The third-order valence-corrected chi connectivity index (χ3v) is 2.87. The number of tetrazole rings is 1. The predicted octanol–water partition coefficient (Wildman–Crippen LogP) is 1.47. The van der Waals surface area contributed by atoms with E-state index in [1.54, 1.807) is 22.9 Å². The Bertz CT molecular complexity index is 496. The average molecular weight is 258 g/mol. The van der Waals surface area contributed by atoms with Crippen molar-refractivity contribution in [2.24, 2.45) is 5.73 Å². The smallest absolute Gasteiger partial charge is 0.158 e. The van der Waals surface area contributed by atoms with Crippen LogP contribution in [0.3, 0.4) is 0 Å². The van der Waals surface area contributed by atoms with Crippen molar-refractivity contribution in [3.8, 4) is 5.69 Å². The maximum atomic E-state index is 6.08. The van der Waals surface area contributed by atoms with Gasteiger partial charge in [-0.2, -0.15) is 4.68 Å². The van der Waals surface area contributed by atoms with E-state index in [2.05, 4.69) is 15.5 Å². The lowest BCUT2D eigenvalue weighted by Gasteiger charge is -2.06. The summed E-state index contributed by atoms with van der Waals surface area (Å²) in [7, 11) is 0. The molecule has 0 fully saturated rings. The summed E-state index contributed by atoms with van der Waals surface area (Å²) in [6.07, 6.45) is 0.579. The second kappa shape index (κ2) is 4.78. The van der Waals surface area contributed by atoms with Gasteiger partial charge in [0.2, 0.25) is 0 Å². The molecule has 2 aromatic rings. The van der Waals surface area contributed by atoms with E-state index >= 15 is 0 Å². The molecular weight excluding hydrogens is 249 g/mol. The SMILES string of the molecule is NCCc1nnnn1-c1cccc(Cl)c1Cl. The van der Waals surface area contributed by atoms with E-state index in [9.17, 15) is 0 Å². The Morgan fingerprint density at radius 1 is 1.31 bits per heavy atom. The summed E-state index contributed by atoms with van der Waals surface area (Å²) >= 11 is 12.0. The topological polar surface area (TPSA) is 69.6 Å². The van der Waals surface area contributed by atoms with Crippen LogP contribution in [-0.4, -0.2) is 26.8 Å². The zero-order valence-corrected chi connectivity index (χ0v) is 9.78. The Labute approximate surface area is 102 Å². The quantitative estimate of drug-likeness (QED) is 0.905. The second-order valence-corrected chi connectivity index (χ2v) is 3.90. The zero-order valence-electron chi connectivity index (χ0n) is 8.27. The van der Waals surface area contributed by atoms with Crippen molar-refractivity contribution in [3.05, 3.63) is 34.1 Å². The fraction of sp³-hybridized carbons (Fsp3) is 0.222. The summed E-state index contributed by atoms with van der Waals surface area (Å²) in [4.78, 5) is 0. The molecule has 84 valence electrons. The summed E-state index contributed by atoms with van der Waals surface area (Å²) in [5.74, 6) is 0.659. The molecule has 1 aromatic carbocycles. The van der Waals surface area contributed by atoms with Crippen LogP contribution >= 0.6 is 23.2 Å². The highest BCUT2D eigenvalue weighted by atomic mass is 35.5. The lowest BCUT2D eigenvalue weighted by molar-refractivity contribution is 0.755.